The lowest BCUT2D eigenvalue weighted by Crippen LogP contribution is -2.31. The molecule has 1 amide bonds. The van der Waals surface area contributed by atoms with Crippen molar-refractivity contribution in [3.63, 3.8) is 0 Å². The molecule has 5 rings (SSSR count). The summed E-state index contributed by atoms with van der Waals surface area (Å²) in [5.74, 6) is 1.90. The van der Waals surface area contributed by atoms with Crippen molar-refractivity contribution < 1.29 is 19.0 Å². The highest BCUT2D eigenvalue weighted by Gasteiger charge is 2.35. The number of carbonyl (C=O) groups excluding carboxylic acids is 1. The Balaban J connectivity index is 1.49. The number of anilines is 2. The molecule has 40 heavy (non-hydrogen) atoms. The van der Waals surface area contributed by atoms with Crippen molar-refractivity contribution in [2.45, 2.75) is 40.3 Å². The molecule has 0 bridgehead atoms. The van der Waals surface area contributed by atoms with Crippen molar-refractivity contribution in [2.75, 3.05) is 23.8 Å². The zero-order valence-corrected chi connectivity index (χ0v) is 23.0. The Morgan fingerprint density at radius 3 is 2.52 bits per heavy atom. The summed E-state index contributed by atoms with van der Waals surface area (Å²) < 4.78 is 19.4. The third kappa shape index (κ3) is 5.61. The summed E-state index contributed by atoms with van der Waals surface area (Å²) >= 11 is 0. The van der Waals surface area contributed by atoms with Crippen molar-refractivity contribution in [3.8, 4) is 17.2 Å². The summed E-state index contributed by atoms with van der Waals surface area (Å²) in [6.07, 6.45) is 0. The Morgan fingerprint density at radius 1 is 0.925 bits per heavy atom. The van der Waals surface area contributed by atoms with Gasteiger partial charge >= 0.3 is 0 Å². The number of aromatic nitrogens is 4. The van der Waals surface area contributed by atoms with Crippen LogP contribution >= 0.6 is 0 Å². The number of hydrogen-bond acceptors (Lipinski definition) is 8. The van der Waals surface area contributed by atoms with Crippen LogP contribution in [0.15, 0.2) is 78.0 Å². The van der Waals surface area contributed by atoms with Crippen molar-refractivity contribution in [2.24, 2.45) is 0 Å². The largest absolute Gasteiger partial charge is 0.492 e. The first-order valence-corrected chi connectivity index (χ1v) is 13.2. The SMILES string of the molecule is CCOc1ccccc1NC(=O)C1=C(C)Nc2nnnn2C1c1ccc(OCc2cccc(C)c2)c(OCC)c1. The van der Waals surface area contributed by atoms with E-state index in [1.165, 1.54) is 5.56 Å². The maximum Gasteiger partial charge on any atom is 0.255 e. The fraction of sp³-hybridized carbons (Fsp3) is 0.267. The van der Waals surface area contributed by atoms with Crippen LogP contribution in [-0.4, -0.2) is 39.3 Å². The van der Waals surface area contributed by atoms with Gasteiger partial charge in [-0.1, -0.05) is 53.1 Å². The normalized spacial score (nSPS) is 14.2. The fourth-order valence-corrected chi connectivity index (χ4v) is 4.70. The number of amides is 1. The Hall–Kier alpha value is -4.86. The number of ether oxygens (including phenoxy) is 3. The van der Waals surface area contributed by atoms with Crippen molar-refractivity contribution in [1.82, 2.24) is 20.2 Å². The maximum atomic E-state index is 13.8. The van der Waals surface area contributed by atoms with Crippen LogP contribution in [-0.2, 0) is 11.4 Å². The van der Waals surface area contributed by atoms with Crippen LogP contribution in [0.2, 0.25) is 0 Å². The number of allylic oxidation sites excluding steroid dienone is 1. The van der Waals surface area contributed by atoms with Gasteiger partial charge in [0.1, 0.15) is 18.4 Å². The Kier molecular flexibility index (Phi) is 7.95. The average Bonchev–Trinajstić information content (AvgIpc) is 3.41. The molecule has 0 aliphatic carbocycles. The van der Waals surface area contributed by atoms with Gasteiger partial charge in [0.25, 0.3) is 5.91 Å². The van der Waals surface area contributed by atoms with Crippen LogP contribution in [0.4, 0.5) is 11.6 Å². The van der Waals surface area contributed by atoms with E-state index in [4.69, 9.17) is 14.2 Å². The molecule has 0 spiro atoms. The van der Waals surface area contributed by atoms with Crippen LogP contribution in [0.5, 0.6) is 17.2 Å². The van der Waals surface area contributed by atoms with Gasteiger partial charge < -0.3 is 24.8 Å². The molecule has 2 N–H and O–H groups in total. The molecule has 1 unspecified atom stereocenters. The topological polar surface area (TPSA) is 112 Å². The second kappa shape index (κ2) is 11.9. The molecular weight excluding hydrogens is 508 g/mol. The number of aryl methyl sites for hydroxylation is 1. The molecule has 0 radical (unpaired) electrons. The minimum absolute atomic E-state index is 0.305. The first kappa shape index (κ1) is 26.7. The lowest BCUT2D eigenvalue weighted by atomic mass is 9.94. The predicted molar refractivity (Wildman–Crippen MR) is 152 cm³/mol. The molecule has 2 heterocycles. The molecule has 0 saturated heterocycles. The number of rotatable bonds is 10. The van der Waals surface area contributed by atoms with E-state index in [0.29, 0.717) is 60.0 Å². The molecule has 4 aromatic rings. The second-order valence-corrected chi connectivity index (χ2v) is 9.31. The zero-order valence-electron chi connectivity index (χ0n) is 23.0. The highest BCUT2D eigenvalue weighted by molar-refractivity contribution is 6.06. The summed E-state index contributed by atoms with van der Waals surface area (Å²) in [6, 6.07) is 20.5. The molecular formula is C30H32N6O4. The zero-order chi connectivity index (χ0) is 28.1. The van der Waals surface area contributed by atoms with Gasteiger partial charge in [-0.3, -0.25) is 4.79 Å². The first-order chi connectivity index (χ1) is 19.5. The number of hydrogen-bond donors (Lipinski definition) is 2. The van der Waals surface area contributed by atoms with E-state index in [9.17, 15) is 4.79 Å². The monoisotopic (exact) mass is 540 g/mol. The van der Waals surface area contributed by atoms with Gasteiger partial charge in [0.2, 0.25) is 5.95 Å². The molecule has 1 aliphatic rings. The Bertz CT molecular complexity index is 1550. The van der Waals surface area contributed by atoms with Crippen LogP contribution in [0, 0.1) is 6.92 Å². The van der Waals surface area contributed by atoms with E-state index < -0.39 is 6.04 Å². The first-order valence-electron chi connectivity index (χ1n) is 13.2. The molecule has 3 aromatic carbocycles. The number of fused-ring (bicyclic) bond motifs is 1. The molecule has 0 saturated carbocycles. The van der Waals surface area contributed by atoms with Crippen LogP contribution in [0.1, 0.15) is 43.5 Å². The summed E-state index contributed by atoms with van der Waals surface area (Å²) in [4.78, 5) is 13.8. The van der Waals surface area contributed by atoms with Crippen molar-refractivity contribution in [3.05, 3.63) is 94.7 Å². The van der Waals surface area contributed by atoms with Crippen molar-refractivity contribution in [1.29, 1.82) is 0 Å². The smallest absolute Gasteiger partial charge is 0.255 e. The number of benzene rings is 3. The maximum absolute atomic E-state index is 13.8. The molecule has 10 heteroatoms. The number of nitrogens with zero attached hydrogens (tertiary/aromatic N) is 4. The molecule has 1 aliphatic heterocycles. The highest BCUT2D eigenvalue weighted by Crippen LogP contribution is 2.39. The van der Waals surface area contributed by atoms with E-state index in [1.807, 2.05) is 69.3 Å². The lowest BCUT2D eigenvalue weighted by Gasteiger charge is -2.28. The predicted octanol–water partition coefficient (Wildman–Crippen LogP) is 5.29. The third-order valence-electron chi connectivity index (χ3n) is 6.45. The van der Waals surface area contributed by atoms with Gasteiger partial charge in [-0.05, 0) is 73.5 Å². The number of tetrazole rings is 1. The molecule has 10 nitrogen and oxygen atoms in total. The average molecular weight is 541 g/mol. The van der Waals surface area contributed by atoms with E-state index >= 15 is 0 Å². The molecule has 1 aromatic heterocycles. The summed E-state index contributed by atoms with van der Waals surface area (Å²) in [7, 11) is 0. The Labute approximate surface area is 233 Å². The van der Waals surface area contributed by atoms with Crippen LogP contribution in [0.25, 0.3) is 0 Å². The number of para-hydroxylation sites is 2. The summed E-state index contributed by atoms with van der Waals surface area (Å²) in [5.41, 5.74) is 4.67. The van der Waals surface area contributed by atoms with Crippen LogP contribution < -0.4 is 24.8 Å². The van der Waals surface area contributed by atoms with Gasteiger partial charge in [0, 0.05) is 5.70 Å². The standard InChI is InChI=1S/C30H32N6O4/c1-5-38-24-13-8-7-12-23(24)32-29(37)27-20(4)31-30-33-34-35-36(30)28(27)22-14-15-25(26(17-22)39-6-2)40-18-21-11-9-10-19(3)16-21/h7-17,28H,5-6,18H2,1-4H3,(H,32,37)(H,31,33,35). The van der Waals surface area contributed by atoms with Gasteiger partial charge in [-0.15, -0.1) is 0 Å². The van der Waals surface area contributed by atoms with E-state index in [2.05, 4.69) is 45.2 Å². The van der Waals surface area contributed by atoms with Gasteiger partial charge in [-0.25, -0.2) is 0 Å². The third-order valence-corrected chi connectivity index (χ3v) is 6.45. The quantitative estimate of drug-likeness (QED) is 0.279. The Morgan fingerprint density at radius 2 is 1.73 bits per heavy atom. The minimum atomic E-state index is -0.615. The molecule has 1 atom stereocenters. The fourth-order valence-electron chi connectivity index (χ4n) is 4.70. The van der Waals surface area contributed by atoms with Crippen LogP contribution in [0.3, 0.4) is 0 Å². The van der Waals surface area contributed by atoms with E-state index in [-0.39, 0.29) is 5.91 Å². The van der Waals surface area contributed by atoms with Gasteiger partial charge in [0.15, 0.2) is 11.5 Å². The number of carbonyl (C=O) groups is 1. The van der Waals surface area contributed by atoms with Crippen molar-refractivity contribution >= 4 is 17.5 Å². The van der Waals surface area contributed by atoms with E-state index in [1.54, 1.807) is 10.7 Å². The molecule has 206 valence electrons. The van der Waals surface area contributed by atoms with Gasteiger partial charge in [0.05, 0.1) is 24.5 Å². The summed E-state index contributed by atoms with van der Waals surface area (Å²) in [6.45, 7) is 9.02. The molecule has 0 fully saturated rings. The lowest BCUT2D eigenvalue weighted by molar-refractivity contribution is -0.113. The van der Waals surface area contributed by atoms with E-state index in [0.717, 1.165) is 11.1 Å². The highest BCUT2D eigenvalue weighted by atomic mass is 16.5. The number of nitrogens with one attached hydrogen (secondary N) is 2. The van der Waals surface area contributed by atoms with Gasteiger partial charge in [-0.2, -0.15) is 4.68 Å². The minimum Gasteiger partial charge on any atom is -0.492 e. The summed E-state index contributed by atoms with van der Waals surface area (Å²) in [5, 5.41) is 18.3. The second-order valence-electron chi connectivity index (χ2n) is 9.31.